The highest BCUT2D eigenvalue weighted by Gasteiger charge is 2.21. The molecule has 4 nitrogen and oxygen atoms in total. The Balaban J connectivity index is 3.88. The first kappa shape index (κ1) is 18.8. The molecule has 2 N–H and O–H groups in total. The van der Waals surface area contributed by atoms with Crippen LogP contribution >= 0.6 is 0 Å². The molecule has 0 saturated heterocycles. The minimum absolute atomic E-state index is 0.130. The summed E-state index contributed by atoms with van der Waals surface area (Å²) in [4.78, 5) is 2.41. The number of rotatable bonds is 13. The van der Waals surface area contributed by atoms with Crippen molar-refractivity contribution in [3.05, 3.63) is 0 Å². The Bertz CT molecular complexity index is 203. The van der Waals surface area contributed by atoms with E-state index in [0.717, 1.165) is 58.7 Å². The molecule has 0 bridgehead atoms. The molecule has 19 heavy (non-hydrogen) atoms. The maximum atomic E-state index is 9.51. The summed E-state index contributed by atoms with van der Waals surface area (Å²) in [6, 6.07) is 0. The second kappa shape index (κ2) is 11.6. The van der Waals surface area contributed by atoms with Crippen molar-refractivity contribution in [3.63, 3.8) is 0 Å². The molecule has 0 aromatic heterocycles. The maximum absolute atomic E-state index is 9.51. The third-order valence-electron chi connectivity index (χ3n) is 3.56. The molecule has 0 aliphatic heterocycles. The topological polar surface area (TPSA) is 44.7 Å². The van der Waals surface area contributed by atoms with Crippen LogP contribution in [0.15, 0.2) is 0 Å². The van der Waals surface area contributed by atoms with E-state index >= 15 is 0 Å². The van der Waals surface area contributed by atoms with Crippen molar-refractivity contribution >= 4 is 0 Å². The zero-order chi connectivity index (χ0) is 14.6. The number of nitrogens with zero attached hydrogens (tertiary/aromatic N) is 1. The van der Waals surface area contributed by atoms with Crippen molar-refractivity contribution in [2.45, 2.75) is 52.5 Å². The van der Waals surface area contributed by atoms with Gasteiger partial charge in [0.1, 0.15) is 0 Å². The van der Waals surface area contributed by atoms with Crippen LogP contribution < -0.4 is 5.32 Å². The van der Waals surface area contributed by atoms with Gasteiger partial charge in [0, 0.05) is 18.7 Å². The van der Waals surface area contributed by atoms with Crippen LogP contribution in [-0.4, -0.2) is 61.5 Å². The van der Waals surface area contributed by atoms with Crippen LogP contribution in [0.2, 0.25) is 0 Å². The minimum atomic E-state index is -0.130. The van der Waals surface area contributed by atoms with Gasteiger partial charge in [0.25, 0.3) is 0 Å². The molecule has 116 valence electrons. The summed E-state index contributed by atoms with van der Waals surface area (Å²) in [5.74, 6) is 0. The van der Waals surface area contributed by atoms with E-state index in [-0.39, 0.29) is 12.1 Å². The normalized spacial score (nSPS) is 14.8. The summed E-state index contributed by atoms with van der Waals surface area (Å²) in [5, 5.41) is 13.0. The summed E-state index contributed by atoms with van der Waals surface area (Å²) in [6.07, 6.45) is 3.22. The Morgan fingerprint density at radius 3 is 2.47 bits per heavy atom. The average molecular weight is 274 g/mol. The molecule has 0 spiro atoms. The Kier molecular flexibility index (Phi) is 11.6. The lowest BCUT2D eigenvalue weighted by Gasteiger charge is -2.30. The number of ether oxygens (including phenoxy) is 1. The number of likely N-dealkylation sites (N-methyl/N-ethyl adjacent to an activating group) is 1. The first-order chi connectivity index (χ1) is 9.11. The van der Waals surface area contributed by atoms with Crippen LogP contribution in [-0.2, 0) is 4.74 Å². The summed E-state index contributed by atoms with van der Waals surface area (Å²) < 4.78 is 5.39. The van der Waals surface area contributed by atoms with Gasteiger partial charge in [0.2, 0.25) is 0 Å². The summed E-state index contributed by atoms with van der Waals surface area (Å²) >= 11 is 0. The van der Waals surface area contributed by atoms with Crippen molar-refractivity contribution in [1.29, 1.82) is 0 Å². The quantitative estimate of drug-likeness (QED) is 0.503. The molecule has 0 aromatic carbocycles. The number of nitrogens with one attached hydrogen (secondary N) is 1. The van der Waals surface area contributed by atoms with Gasteiger partial charge in [-0.15, -0.1) is 0 Å². The highest BCUT2D eigenvalue weighted by atomic mass is 16.5. The molecule has 0 radical (unpaired) electrons. The molecule has 0 amide bonds. The lowest BCUT2D eigenvalue weighted by Crippen LogP contribution is -2.46. The number of hydrogen-bond acceptors (Lipinski definition) is 4. The molecular formula is C15H34N2O2. The molecule has 0 fully saturated rings. The van der Waals surface area contributed by atoms with Gasteiger partial charge in [-0.25, -0.2) is 0 Å². The largest absolute Gasteiger partial charge is 0.394 e. The Labute approximate surface area is 119 Å². The van der Waals surface area contributed by atoms with Gasteiger partial charge in [-0.05, 0) is 52.7 Å². The second-order valence-electron chi connectivity index (χ2n) is 5.38. The Morgan fingerprint density at radius 2 is 1.95 bits per heavy atom. The van der Waals surface area contributed by atoms with Gasteiger partial charge in [0.15, 0.2) is 0 Å². The molecule has 0 aliphatic carbocycles. The fourth-order valence-corrected chi connectivity index (χ4v) is 2.11. The molecule has 0 rings (SSSR count). The standard InChI is InChI=1S/C15H34N2O2/c1-5-10-16-15(4,14-18)9-8-11-17(6-2)12-13-19-7-3/h16,18H,5-14H2,1-4H3. The number of aliphatic hydroxyl groups is 1. The van der Waals surface area contributed by atoms with Crippen LogP contribution in [0.25, 0.3) is 0 Å². The Hall–Kier alpha value is -0.160. The van der Waals surface area contributed by atoms with Crippen molar-refractivity contribution < 1.29 is 9.84 Å². The second-order valence-corrected chi connectivity index (χ2v) is 5.38. The van der Waals surface area contributed by atoms with Gasteiger partial charge in [-0.1, -0.05) is 13.8 Å². The SMILES string of the molecule is CCCNC(C)(CO)CCCN(CC)CCOCC. The molecule has 4 heteroatoms. The smallest absolute Gasteiger partial charge is 0.0610 e. The van der Waals surface area contributed by atoms with Gasteiger partial charge in [-0.2, -0.15) is 0 Å². The first-order valence-electron chi connectivity index (χ1n) is 7.77. The van der Waals surface area contributed by atoms with Crippen molar-refractivity contribution in [2.75, 3.05) is 46.0 Å². The van der Waals surface area contributed by atoms with Gasteiger partial charge in [0.05, 0.1) is 13.2 Å². The van der Waals surface area contributed by atoms with E-state index in [1.165, 1.54) is 0 Å². The Morgan fingerprint density at radius 1 is 1.21 bits per heavy atom. The molecule has 0 heterocycles. The number of hydrogen-bond donors (Lipinski definition) is 2. The van der Waals surface area contributed by atoms with E-state index in [1.54, 1.807) is 0 Å². The molecule has 0 aromatic rings. The van der Waals surface area contributed by atoms with Crippen LogP contribution in [0.1, 0.15) is 47.0 Å². The zero-order valence-corrected chi connectivity index (χ0v) is 13.4. The maximum Gasteiger partial charge on any atom is 0.0610 e. The highest BCUT2D eigenvalue weighted by molar-refractivity contribution is 4.82. The van der Waals surface area contributed by atoms with E-state index in [1.807, 2.05) is 6.92 Å². The monoisotopic (exact) mass is 274 g/mol. The fraction of sp³-hybridized carbons (Fsp3) is 1.00. The van der Waals surface area contributed by atoms with E-state index in [2.05, 4.69) is 31.0 Å². The van der Waals surface area contributed by atoms with Crippen LogP contribution in [0, 0.1) is 0 Å². The predicted molar refractivity (Wildman–Crippen MR) is 81.6 cm³/mol. The molecule has 0 saturated carbocycles. The lowest BCUT2D eigenvalue weighted by molar-refractivity contribution is 0.111. The van der Waals surface area contributed by atoms with Gasteiger partial charge >= 0.3 is 0 Å². The lowest BCUT2D eigenvalue weighted by atomic mass is 9.96. The average Bonchev–Trinajstić information content (AvgIpc) is 2.43. The van der Waals surface area contributed by atoms with Crippen LogP contribution in [0.3, 0.4) is 0 Å². The van der Waals surface area contributed by atoms with Gasteiger partial charge in [-0.3, -0.25) is 0 Å². The zero-order valence-electron chi connectivity index (χ0n) is 13.4. The molecule has 1 atom stereocenters. The summed E-state index contributed by atoms with van der Waals surface area (Å²) in [7, 11) is 0. The first-order valence-corrected chi connectivity index (χ1v) is 7.77. The fourth-order valence-electron chi connectivity index (χ4n) is 2.11. The predicted octanol–water partition coefficient (Wildman–Crippen LogP) is 1.88. The van der Waals surface area contributed by atoms with Crippen molar-refractivity contribution in [1.82, 2.24) is 10.2 Å². The highest BCUT2D eigenvalue weighted by Crippen LogP contribution is 2.12. The summed E-state index contributed by atoms with van der Waals surface area (Å²) in [6.45, 7) is 14.4. The third-order valence-corrected chi connectivity index (χ3v) is 3.56. The molecular weight excluding hydrogens is 240 g/mol. The molecule has 1 unspecified atom stereocenters. The van der Waals surface area contributed by atoms with E-state index < -0.39 is 0 Å². The third kappa shape index (κ3) is 9.38. The van der Waals surface area contributed by atoms with Crippen LogP contribution in [0.5, 0.6) is 0 Å². The minimum Gasteiger partial charge on any atom is -0.394 e. The van der Waals surface area contributed by atoms with Gasteiger partial charge < -0.3 is 20.1 Å². The number of aliphatic hydroxyl groups excluding tert-OH is 1. The van der Waals surface area contributed by atoms with Crippen molar-refractivity contribution in [3.8, 4) is 0 Å². The van der Waals surface area contributed by atoms with E-state index in [9.17, 15) is 5.11 Å². The van der Waals surface area contributed by atoms with Crippen LogP contribution in [0.4, 0.5) is 0 Å². The summed E-state index contributed by atoms with van der Waals surface area (Å²) in [5.41, 5.74) is -0.130. The van der Waals surface area contributed by atoms with E-state index in [0.29, 0.717) is 0 Å². The van der Waals surface area contributed by atoms with E-state index in [4.69, 9.17) is 4.74 Å². The molecule has 0 aliphatic rings. The van der Waals surface area contributed by atoms with Crippen molar-refractivity contribution in [2.24, 2.45) is 0 Å².